The summed E-state index contributed by atoms with van der Waals surface area (Å²) in [6.07, 6.45) is 2.92. The predicted octanol–water partition coefficient (Wildman–Crippen LogP) is 2.80. The highest BCUT2D eigenvalue weighted by molar-refractivity contribution is 5.95. The van der Waals surface area contributed by atoms with E-state index in [-0.39, 0.29) is 6.61 Å². The molecule has 1 amide bonds. The third-order valence-corrected chi connectivity index (χ3v) is 3.36. The Bertz CT molecular complexity index is 592. The number of hydrogen-bond donors (Lipinski definition) is 1. The summed E-state index contributed by atoms with van der Waals surface area (Å²) < 4.78 is 9.36. The molecular weight excluding hydrogens is 310 g/mol. The number of nitrogens with one attached hydrogen (secondary N) is 1. The summed E-state index contributed by atoms with van der Waals surface area (Å²) in [7, 11) is 0. The Morgan fingerprint density at radius 3 is 2.17 bits per heavy atom. The Balaban J connectivity index is 2.41. The van der Waals surface area contributed by atoms with Crippen LogP contribution < -0.4 is 5.32 Å². The molecule has 0 heterocycles. The third-order valence-electron chi connectivity index (χ3n) is 3.36. The van der Waals surface area contributed by atoms with E-state index in [0.717, 1.165) is 18.6 Å². The van der Waals surface area contributed by atoms with Crippen molar-refractivity contribution in [1.29, 1.82) is 0 Å². The van der Waals surface area contributed by atoms with Crippen molar-refractivity contribution in [1.82, 2.24) is 0 Å². The minimum atomic E-state index is -0.787. The van der Waals surface area contributed by atoms with Gasteiger partial charge in [0.05, 0.1) is 6.61 Å². The van der Waals surface area contributed by atoms with E-state index in [2.05, 4.69) is 23.9 Å². The van der Waals surface area contributed by atoms with E-state index in [0.29, 0.717) is 11.6 Å². The van der Waals surface area contributed by atoms with Crippen LogP contribution in [0.25, 0.3) is 0 Å². The van der Waals surface area contributed by atoms with Crippen molar-refractivity contribution in [2.24, 2.45) is 0 Å². The van der Waals surface area contributed by atoms with Crippen molar-refractivity contribution in [3.8, 4) is 0 Å². The summed E-state index contributed by atoms with van der Waals surface area (Å²) in [5.74, 6) is -1.42. The van der Waals surface area contributed by atoms with Crippen LogP contribution in [0.5, 0.6) is 0 Å². The second kappa shape index (κ2) is 10.2. The summed E-state index contributed by atoms with van der Waals surface area (Å²) in [6, 6.07) is 7.53. The maximum absolute atomic E-state index is 11.7. The van der Waals surface area contributed by atoms with Crippen molar-refractivity contribution in [3.63, 3.8) is 0 Å². The van der Waals surface area contributed by atoms with Crippen molar-refractivity contribution in [2.45, 2.75) is 33.1 Å². The summed E-state index contributed by atoms with van der Waals surface area (Å²) in [5.41, 5.74) is 1.83. The zero-order chi connectivity index (χ0) is 17.9. The molecular formula is C18H23NO5. The molecule has 0 aromatic heterocycles. The van der Waals surface area contributed by atoms with Crippen LogP contribution in [0.3, 0.4) is 0 Å². The quantitative estimate of drug-likeness (QED) is 0.584. The fraction of sp³-hybridized carbons (Fsp3) is 0.389. The van der Waals surface area contributed by atoms with Crippen LogP contribution in [-0.4, -0.2) is 31.1 Å². The highest BCUT2D eigenvalue weighted by Gasteiger charge is 2.07. The first kappa shape index (κ1) is 19.4. The van der Waals surface area contributed by atoms with Crippen molar-refractivity contribution in [3.05, 3.63) is 42.0 Å². The molecule has 0 unspecified atom stereocenters. The average molecular weight is 333 g/mol. The van der Waals surface area contributed by atoms with Crippen LogP contribution in [0.15, 0.2) is 36.4 Å². The topological polar surface area (TPSA) is 81.7 Å². The maximum atomic E-state index is 11.7. The van der Waals surface area contributed by atoms with E-state index in [1.54, 1.807) is 6.92 Å². The van der Waals surface area contributed by atoms with Crippen LogP contribution in [0, 0.1) is 0 Å². The van der Waals surface area contributed by atoms with Gasteiger partial charge in [-0.05, 0) is 37.0 Å². The predicted molar refractivity (Wildman–Crippen MR) is 90.5 cm³/mol. The Hall–Kier alpha value is -2.63. The molecule has 0 aliphatic rings. The largest absolute Gasteiger partial charge is 0.463 e. The summed E-state index contributed by atoms with van der Waals surface area (Å²) in [4.78, 5) is 34.1. The number of carbonyl (C=O) groups is 3. The van der Waals surface area contributed by atoms with E-state index in [1.165, 1.54) is 5.56 Å². The molecule has 0 bridgehead atoms. The first-order valence-corrected chi connectivity index (χ1v) is 7.87. The molecule has 6 heteroatoms. The maximum Gasteiger partial charge on any atom is 0.331 e. The zero-order valence-corrected chi connectivity index (χ0v) is 14.2. The number of rotatable bonds is 8. The fourth-order valence-corrected chi connectivity index (χ4v) is 1.84. The Kier molecular flexibility index (Phi) is 8.25. The molecule has 6 nitrogen and oxygen atoms in total. The van der Waals surface area contributed by atoms with E-state index >= 15 is 0 Å². The zero-order valence-electron chi connectivity index (χ0n) is 14.2. The molecule has 130 valence electrons. The molecule has 1 atom stereocenters. The Labute approximate surface area is 141 Å². The van der Waals surface area contributed by atoms with Crippen LogP contribution in [0.2, 0.25) is 0 Å². The lowest BCUT2D eigenvalue weighted by Crippen LogP contribution is -2.20. The van der Waals surface area contributed by atoms with Gasteiger partial charge in [-0.25, -0.2) is 9.59 Å². The molecule has 0 aliphatic heterocycles. The summed E-state index contributed by atoms with van der Waals surface area (Å²) in [5, 5.41) is 2.63. The summed E-state index contributed by atoms with van der Waals surface area (Å²) >= 11 is 0. The SMILES string of the molecule is CCOC(=O)/C=C/C(=O)OCC(=O)Nc1ccc([C@@H](C)CC)cc1. The second-order valence-electron chi connectivity index (χ2n) is 5.17. The number of ether oxygens (including phenoxy) is 2. The van der Waals surface area contributed by atoms with Crippen molar-refractivity contribution < 1.29 is 23.9 Å². The highest BCUT2D eigenvalue weighted by Crippen LogP contribution is 2.20. The molecule has 0 spiro atoms. The fourth-order valence-electron chi connectivity index (χ4n) is 1.84. The van der Waals surface area contributed by atoms with Gasteiger partial charge in [-0.3, -0.25) is 4.79 Å². The lowest BCUT2D eigenvalue weighted by atomic mass is 9.99. The van der Waals surface area contributed by atoms with E-state index in [1.807, 2.05) is 24.3 Å². The van der Waals surface area contributed by atoms with Gasteiger partial charge >= 0.3 is 11.9 Å². The van der Waals surface area contributed by atoms with Crippen molar-refractivity contribution >= 4 is 23.5 Å². The van der Waals surface area contributed by atoms with Gasteiger partial charge in [0.25, 0.3) is 5.91 Å². The van der Waals surface area contributed by atoms with Crippen LogP contribution in [-0.2, 0) is 23.9 Å². The van der Waals surface area contributed by atoms with Gasteiger partial charge in [-0.15, -0.1) is 0 Å². The average Bonchev–Trinajstić information content (AvgIpc) is 2.58. The minimum Gasteiger partial charge on any atom is -0.463 e. The number of amides is 1. The molecule has 1 rings (SSSR count). The molecule has 1 aromatic rings. The normalized spacial score (nSPS) is 11.8. The minimum absolute atomic E-state index is 0.219. The van der Waals surface area contributed by atoms with Crippen LogP contribution in [0.4, 0.5) is 5.69 Å². The molecule has 0 radical (unpaired) electrons. The molecule has 0 aliphatic carbocycles. The number of anilines is 1. The first-order valence-electron chi connectivity index (χ1n) is 7.87. The molecule has 0 saturated heterocycles. The Morgan fingerprint density at radius 1 is 1.04 bits per heavy atom. The van der Waals surface area contributed by atoms with E-state index in [9.17, 15) is 14.4 Å². The first-order chi connectivity index (χ1) is 11.5. The standard InChI is InChI=1S/C18H23NO5/c1-4-13(3)14-6-8-15(9-7-14)19-16(20)12-24-18(22)11-10-17(21)23-5-2/h6-11,13H,4-5,12H2,1-3H3,(H,19,20)/b11-10+/t13-/m0/s1. The summed E-state index contributed by atoms with van der Waals surface area (Å²) in [6.45, 7) is 5.70. The van der Waals surface area contributed by atoms with Crippen molar-refractivity contribution in [2.75, 3.05) is 18.5 Å². The van der Waals surface area contributed by atoms with Gasteiger partial charge in [0, 0.05) is 17.8 Å². The van der Waals surface area contributed by atoms with Crippen LogP contribution >= 0.6 is 0 Å². The lowest BCUT2D eigenvalue weighted by Gasteiger charge is -2.10. The smallest absolute Gasteiger partial charge is 0.331 e. The van der Waals surface area contributed by atoms with Gasteiger partial charge in [0.15, 0.2) is 6.61 Å². The number of benzene rings is 1. The molecule has 1 aromatic carbocycles. The monoisotopic (exact) mass is 333 g/mol. The van der Waals surface area contributed by atoms with Gasteiger partial charge in [-0.2, -0.15) is 0 Å². The second-order valence-corrected chi connectivity index (χ2v) is 5.17. The van der Waals surface area contributed by atoms with E-state index in [4.69, 9.17) is 4.74 Å². The third kappa shape index (κ3) is 7.09. The van der Waals surface area contributed by atoms with Gasteiger partial charge in [0.2, 0.25) is 0 Å². The number of carbonyl (C=O) groups excluding carboxylic acids is 3. The molecule has 1 N–H and O–H groups in total. The molecule has 0 fully saturated rings. The van der Waals surface area contributed by atoms with Gasteiger partial charge in [-0.1, -0.05) is 26.0 Å². The van der Waals surface area contributed by atoms with Crippen LogP contribution in [0.1, 0.15) is 38.7 Å². The van der Waals surface area contributed by atoms with Gasteiger partial charge < -0.3 is 14.8 Å². The molecule has 24 heavy (non-hydrogen) atoms. The van der Waals surface area contributed by atoms with E-state index < -0.39 is 24.5 Å². The van der Waals surface area contributed by atoms with Gasteiger partial charge in [0.1, 0.15) is 0 Å². The lowest BCUT2D eigenvalue weighted by molar-refractivity contribution is -0.143. The Morgan fingerprint density at radius 2 is 1.62 bits per heavy atom. The number of hydrogen-bond acceptors (Lipinski definition) is 5. The number of esters is 2. The highest BCUT2D eigenvalue weighted by atomic mass is 16.5. The molecule has 0 saturated carbocycles.